The summed E-state index contributed by atoms with van der Waals surface area (Å²) in [6, 6.07) is 14.7. The van der Waals surface area contributed by atoms with Crippen molar-refractivity contribution in [2.45, 2.75) is 45.4 Å². The molecule has 0 aliphatic carbocycles. The number of nitrogens with zero attached hydrogens (tertiary/aromatic N) is 3. The number of aryl methyl sites for hydroxylation is 1. The number of hydrogen-bond acceptors (Lipinski definition) is 6. The lowest BCUT2D eigenvalue weighted by atomic mass is 10.1. The Morgan fingerprint density at radius 3 is 2.44 bits per heavy atom. The van der Waals surface area contributed by atoms with Gasteiger partial charge >= 0.3 is 0 Å². The Morgan fingerprint density at radius 1 is 1.03 bits per heavy atom. The summed E-state index contributed by atoms with van der Waals surface area (Å²) in [5.74, 6) is -0.369. The van der Waals surface area contributed by atoms with E-state index in [0.29, 0.717) is 35.8 Å². The van der Waals surface area contributed by atoms with Crippen LogP contribution in [0.15, 0.2) is 48.5 Å². The molecule has 1 atom stereocenters. The molecule has 0 bridgehead atoms. The summed E-state index contributed by atoms with van der Waals surface area (Å²) in [5, 5.41) is 15.0. The van der Waals surface area contributed by atoms with Crippen LogP contribution < -0.4 is 15.5 Å². The van der Waals surface area contributed by atoms with Gasteiger partial charge in [0.2, 0.25) is 16.9 Å². The number of hydrogen-bond donors (Lipinski definition) is 2. The van der Waals surface area contributed by atoms with E-state index in [1.54, 1.807) is 29.2 Å². The summed E-state index contributed by atoms with van der Waals surface area (Å²) in [4.78, 5) is 38.7. The zero-order valence-electron chi connectivity index (χ0n) is 19.2. The van der Waals surface area contributed by atoms with Crippen molar-refractivity contribution in [3.8, 4) is 0 Å². The smallest absolute Gasteiger partial charge is 0.257 e. The fourth-order valence-corrected chi connectivity index (χ4v) is 4.64. The van der Waals surface area contributed by atoms with Gasteiger partial charge in [-0.3, -0.25) is 19.7 Å². The van der Waals surface area contributed by atoms with Gasteiger partial charge in [-0.25, -0.2) is 0 Å². The van der Waals surface area contributed by atoms with Gasteiger partial charge in [0, 0.05) is 42.2 Å². The fourth-order valence-electron chi connectivity index (χ4n) is 3.81. The summed E-state index contributed by atoms with van der Waals surface area (Å²) in [6.45, 7) is 4.58. The van der Waals surface area contributed by atoms with Gasteiger partial charge in [0.1, 0.15) is 5.01 Å². The number of rotatable bonds is 8. The topological polar surface area (TPSA) is 104 Å². The molecule has 3 aromatic rings. The van der Waals surface area contributed by atoms with Crippen molar-refractivity contribution < 1.29 is 14.4 Å². The molecule has 4 rings (SSSR count). The predicted molar refractivity (Wildman–Crippen MR) is 133 cm³/mol. The molecule has 0 radical (unpaired) electrons. The second-order valence-electron chi connectivity index (χ2n) is 8.20. The molecule has 8 nitrogen and oxygen atoms in total. The van der Waals surface area contributed by atoms with Gasteiger partial charge in [0.25, 0.3) is 5.91 Å². The van der Waals surface area contributed by atoms with Crippen LogP contribution in [0.2, 0.25) is 0 Å². The van der Waals surface area contributed by atoms with E-state index in [-0.39, 0.29) is 23.6 Å². The van der Waals surface area contributed by atoms with E-state index >= 15 is 0 Å². The molecule has 176 valence electrons. The maximum absolute atomic E-state index is 12.6. The first-order valence-electron chi connectivity index (χ1n) is 11.4. The molecule has 0 unspecified atom stereocenters. The van der Waals surface area contributed by atoms with Gasteiger partial charge < -0.3 is 10.2 Å². The summed E-state index contributed by atoms with van der Waals surface area (Å²) >= 11 is 1.29. The van der Waals surface area contributed by atoms with E-state index in [1.165, 1.54) is 16.9 Å². The highest BCUT2D eigenvalue weighted by molar-refractivity contribution is 7.15. The van der Waals surface area contributed by atoms with Crippen molar-refractivity contribution in [1.29, 1.82) is 0 Å². The minimum Gasteiger partial charge on any atom is -0.326 e. The molecule has 9 heteroatoms. The van der Waals surface area contributed by atoms with Gasteiger partial charge in [0.15, 0.2) is 0 Å². The molecule has 34 heavy (non-hydrogen) atoms. The molecule has 1 fully saturated rings. The number of carbonyl (C=O) groups is 3. The first kappa shape index (κ1) is 23.6. The number of amides is 3. The van der Waals surface area contributed by atoms with Crippen LogP contribution >= 0.6 is 11.3 Å². The third-order valence-corrected chi connectivity index (χ3v) is 6.70. The second kappa shape index (κ2) is 10.6. The van der Waals surface area contributed by atoms with Gasteiger partial charge in [-0.1, -0.05) is 37.3 Å². The molecule has 0 spiro atoms. The molecule has 2 heterocycles. The van der Waals surface area contributed by atoms with Crippen LogP contribution in [0.5, 0.6) is 0 Å². The first-order chi connectivity index (χ1) is 16.5. The number of anilines is 3. The standard InChI is InChI=1S/C25H27N5O3S/c1-3-5-21(31)26-19-10-8-17(9-11-19)23(33)27-25-29-28-24(34-25)18-14-22(32)30(15-18)20-12-6-16(4-2)7-13-20/h6-13,18H,3-5,14-15H2,1-2H3,(H,26,31)(H,27,29,33)/t18-/m1/s1. The Morgan fingerprint density at radius 2 is 1.76 bits per heavy atom. The number of carbonyl (C=O) groups excluding carboxylic acids is 3. The van der Waals surface area contributed by atoms with Crippen LogP contribution in [0.3, 0.4) is 0 Å². The summed E-state index contributed by atoms with van der Waals surface area (Å²) < 4.78 is 0. The highest BCUT2D eigenvalue weighted by Crippen LogP contribution is 2.34. The minimum atomic E-state index is -0.311. The van der Waals surface area contributed by atoms with Crippen LogP contribution in [-0.2, 0) is 16.0 Å². The van der Waals surface area contributed by atoms with Crippen LogP contribution in [-0.4, -0.2) is 34.5 Å². The zero-order chi connectivity index (χ0) is 24.1. The third-order valence-electron chi connectivity index (χ3n) is 5.70. The predicted octanol–water partition coefficient (Wildman–Crippen LogP) is 4.61. The Bertz CT molecular complexity index is 1170. The van der Waals surface area contributed by atoms with Crippen molar-refractivity contribution in [3.63, 3.8) is 0 Å². The molecule has 0 saturated carbocycles. The maximum Gasteiger partial charge on any atom is 0.257 e. The van der Waals surface area contributed by atoms with Gasteiger partial charge in [-0.15, -0.1) is 10.2 Å². The second-order valence-corrected chi connectivity index (χ2v) is 9.21. The Kier molecular flexibility index (Phi) is 7.32. The summed E-state index contributed by atoms with van der Waals surface area (Å²) in [5.41, 5.74) is 3.21. The Balaban J connectivity index is 1.36. The number of nitrogens with one attached hydrogen (secondary N) is 2. The van der Waals surface area contributed by atoms with E-state index in [2.05, 4.69) is 27.8 Å². The van der Waals surface area contributed by atoms with Gasteiger partial charge in [-0.05, 0) is 54.8 Å². The van der Waals surface area contributed by atoms with Crippen molar-refractivity contribution in [2.75, 3.05) is 22.1 Å². The van der Waals surface area contributed by atoms with Gasteiger partial charge in [-0.2, -0.15) is 0 Å². The monoisotopic (exact) mass is 477 g/mol. The molecule has 1 aliphatic rings. The number of aromatic nitrogens is 2. The van der Waals surface area contributed by atoms with Crippen molar-refractivity contribution in [1.82, 2.24) is 10.2 Å². The van der Waals surface area contributed by atoms with Crippen LogP contribution in [0.4, 0.5) is 16.5 Å². The average molecular weight is 478 g/mol. The lowest BCUT2D eigenvalue weighted by Crippen LogP contribution is -2.24. The molecule has 1 aliphatic heterocycles. The third kappa shape index (κ3) is 5.48. The van der Waals surface area contributed by atoms with E-state index in [1.807, 2.05) is 31.2 Å². The SMILES string of the molecule is CCCC(=O)Nc1ccc(C(=O)Nc2nnc([C@@H]3CC(=O)N(c4ccc(CC)cc4)C3)s2)cc1. The van der Waals surface area contributed by atoms with Crippen molar-refractivity contribution in [2.24, 2.45) is 0 Å². The summed E-state index contributed by atoms with van der Waals surface area (Å²) in [6.07, 6.45) is 2.55. The molecule has 2 N–H and O–H groups in total. The van der Waals surface area contributed by atoms with Crippen LogP contribution in [0, 0.1) is 0 Å². The quantitative estimate of drug-likeness (QED) is 0.493. The average Bonchev–Trinajstić information content (AvgIpc) is 3.46. The first-order valence-corrected chi connectivity index (χ1v) is 12.2. The lowest BCUT2D eigenvalue weighted by molar-refractivity contribution is -0.117. The normalized spacial score (nSPS) is 15.4. The lowest BCUT2D eigenvalue weighted by Gasteiger charge is -2.16. The molecule has 1 saturated heterocycles. The molecular weight excluding hydrogens is 450 g/mol. The Hall–Kier alpha value is -3.59. The van der Waals surface area contributed by atoms with Crippen molar-refractivity contribution in [3.05, 3.63) is 64.7 Å². The molecule has 1 aromatic heterocycles. The minimum absolute atomic E-state index is 0.0528. The van der Waals surface area contributed by atoms with E-state index in [0.717, 1.165) is 23.5 Å². The van der Waals surface area contributed by atoms with Gasteiger partial charge in [0.05, 0.1) is 0 Å². The van der Waals surface area contributed by atoms with E-state index in [4.69, 9.17) is 0 Å². The molecule has 2 aromatic carbocycles. The highest BCUT2D eigenvalue weighted by Gasteiger charge is 2.34. The fraction of sp³-hybridized carbons (Fsp3) is 0.320. The van der Waals surface area contributed by atoms with Crippen LogP contribution in [0.25, 0.3) is 0 Å². The zero-order valence-corrected chi connectivity index (χ0v) is 20.0. The van der Waals surface area contributed by atoms with E-state index < -0.39 is 0 Å². The largest absolute Gasteiger partial charge is 0.326 e. The van der Waals surface area contributed by atoms with E-state index in [9.17, 15) is 14.4 Å². The number of benzene rings is 2. The highest BCUT2D eigenvalue weighted by atomic mass is 32.1. The van der Waals surface area contributed by atoms with Crippen molar-refractivity contribution >= 4 is 45.6 Å². The summed E-state index contributed by atoms with van der Waals surface area (Å²) in [7, 11) is 0. The van der Waals surface area contributed by atoms with Crippen LogP contribution in [0.1, 0.15) is 60.0 Å². The Labute approximate surface area is 202 Å². The molecular formula is C25H27N5O3S. The maximum atomic E-state index is 12.6. The molecule has 3 amide bonds.